The van der Waals surface area contributed by atoms with E-state index in [4.69, 9.17) is 0 Å². The highest BCUT2D eigenvalue weighted by Crippen LogP contribution is 2.08. The van der Waals surface area contributed by atoms with Gasteiger partial charge in [0.05, 0.1) is 0 Å². The molecule has 0 fully saturated rings. The van der Waals surface area contributed by atoms with Gasteiger partial charge in [0.15, 0.2) is 0 Å². The molecule has 0 bridgehead atoms. The fraction of sp³-hybridized carbons (Fsp3) is 0.467. The van der Waals surface area contributed by atoms with Crippen molar-refractivity contribution in [3.63, 3.8) is 0 Å². The molecule has 0 spiro atoms. The Bertz CT molecular complexity index is 254. The van der Waals surface area contributed by atoms with Gasteiger partial charge in [-0.2, -0.15) is 0 Å². The SMILES string of the molecule is C=CCC.Cc1ccc(CC(C)C)cc1. The molecule has 0 saturated heterocycles. The second-order valence-corrected chi connectivity index (χ2v) is 4.28. The lowest BCUT2D eigenvalue weighted by Gasteiger charge is -2.04. The van der Waals surface area contributed by atoms with Gasteiger partial charge in [0.2, 0.25) is 0 Å². The van der Waals surface area contributed by atoms with E-state index in [9.17, 15) is 0 Å². The van der Waals surface area contributed by atoms with Gasteiger partial charge in [-0.25, -0.2) is 0 Å². The van der Waals surface area contributed by atoms with Gasteiger partial charge in [-0.1, -0.05) is 56.7 Å². The normalized spacial score (nSPS) is 9.40. The van der Waals surface area contributed by atoms with Crippen molar-refractivity contribution < 1.29 is 0 Å². The number of benzene rings is 1. The first-order valence-corrected chi connectivity index (χ1v) is 5.76. The summed E-state index contributed by atoms with van der Waals surface area (Å²) in [6.45, 7) is 12.2. The summed E-state index contributed by atoms with van der Waals surface area (Å²) >= 11 is 0. The largest absolute Gasteiger partial charge is 0.103 e. The molecular formula is C15H24. The quantitative estimate of drug-likeness (QED) is 0.622. The summed E-state index contributed by atoms with van der Waals surface area (Å²) in [7, 11) is 0. The Morgan fingerprint density at radius 1 is 1.20 bits per heavy atom. The zero-order chi connectivity index (χ0) is 11.7. The van der Waals surface area contributed by atoms with Crippen molar-refractivity contribution >= 4 is 0 Å². The van der Waals surface area contributed by atoms with Crippen LogP contribution in [0.3, 0.4) is 0 Å². The van der Waals surface area contributed by atoms with E-state index in [2.05, 4.69) is 58.5 Å². The Morgan fingerprint density at radius 2 is 1.67 bits per heavy atom. The lowest BCUT2D eigenvalue weighted by molar-refractivity contribution is 0.647. The minimum atomic E-state index is 0.762. The van der Waals surface area contributed by atoms with E-state index in [0.29, 0.717) is 0 Å². The van der Waals surface area contributed by atoms with Crippen LogP contribution < -0.4 is 0 Å². The summed E-state index contributed by atoms with van der Waals surface area (Å²) in [5.74, 6) is 0.762. The van der Waals surface area contributed by atoms with Gasteiger partial charge in [0, 0.05) is 0 Å². The maximum atomic E-state index is 3.48. The monoisotopic (exact) mass is 204 g/mol. The molecule has 1 aromatic carbocycles. The smallest absolute Gasteiger partial charge is 0.0256 e. The van der Waals surface area contributed by atoms with E-state index in [-0.39, 0.29) is 0 Å². The summed E-state index contributed by atoms with van der Waals surface area (Å²) < 4.78 is 0. The Labute approximate surface area is 95.0 Å². The highest BCUT2D eigenvalue weighted by molar-refractivity contribution is 5.21. The lowest BCUT2D eigenvalue weighted by atomic mass is 10.0. The first-order valence-electron chi connectivity index (χ1n) is 5.76. The molecule has 0 aliphatic carbocycles. The van der Waals surface area contributed by atoms with Crippen LogP contribution in [0, 0.1) is 12.8 Å². The van der Waals surface area contributed by atoms with Crippen LogP contribution in [0.4, 0.5) is 0 Å². The number of hydrogen-bond acceptors (Lipinski definition) is 0. The van der Waals surface area contributed by atoms with E-state index in [1.807, 2.05) is 6.08 Å². The molecule has 0 aromatic heterocycles. The fourth-order valence-electron chi connectivity index (χ4n) is 1.20. The van der Waals surface area contributed by atoms with Crippen LogP contribution in [-0.2, 0) is 6.42 Å². The van der Waals surface area contributed by atoms with E-state index in [0.717, 1.165) is 12.3 Å². The fourth-order valence-corrected chi connectivity index (χ4v) is 1.20. The lowest BCUT2D eigenvalue weighted by Crippen LogP contribution is -1.93. The molecule has 0 aliphatic heterocycles. The molecule has 0 nitrogen and oxygen atoms in total. The molecule has 84 valence electrons. The third-order valence-electron chi connectivity index (χ3n) is 2.05. The van der Waals surface area contributed by atoms with Crippen molar-refractivity contribution in [2.75, 3.05) is 0 Å². The van der Waals surface area contributed by atoms with Gasteiger partial charge in [0.25, 0.3) is 0 Å². The summed E-state index contributed by atoms with van der Waals surface area (Å²) in [4.78, 5) is 0. The van der Waals surface area contributed by atoms with Crippen LogP contribution in [0.5, 0.6) is 0 Å². The van der Waals surface area contributed by atoms with E-state index >= 15 is 0 Å². The molecule has 1 aromatic rings. The molecule has 0 radical (unpaired) electrons. The molecule has 1 rings (SSSR count). The first-order chi connectivity index (χ1) is 7.10. The van der Waals surface area contributed by atoms with Gasteiger partial charge >= 0.3 is 0 Å². The molecule has 0 unspecified atom stereocenters. The molecule has 0 heterocycles. The van der Waals surface area contributed by atoms with Crippen LogP contribution in [0.25, 0.3) is 0 Å². The molecule has 0 aliphatic rings. The zero-order valence-electron chi connectivity index (χ0n) is 10.6. The van der Waals surface area contributed by atoms with Gasteiger partial charge < -0.3 is 0 Å². The van der Waals surface area contributed by atoms with Crippen molar-refractivity contribution in [3.05, 3.63) is 48.0 Å². The average Bonchev–Trinajstić information content (AvgIpc) is 2.21. The summed E-state index contributed by atoms with van der Waals surface area (Å²) in [6, 6.07) is 8.79. The Balaban J connectivity index is 0.000000423. The van der Waals surface area contributed by atoms with Crippen LogP contribution in [-0.4, -0.2) is 0 Å². The molecule has 0 saturated carbocycles. The van der Waals surface area contributed by atoms with Crippen molar-refractivity contribution in [1.82, 2.24) is 0 Å². The second-order valence-electron chi connectivity index (χ2n) is 4.28. The van der Waals surface area contributed by atoms with Crippen molar-refractivity contribution in [2.24, 2.45) is 5.92 Å². The highest BCUT2D eigenvalue weighted by atomic mass is 14.0. The van der Waals surface area contributed by atoms with Crippen molar-refractivity contribution in [2.45, 2.75) is 40.5 Å². The first kappa shape index (κ1) is 14.0. The summed E-state index contributed by atoms with van der Waals surface area (Å²) in [5, 5.41) is 0. The van der Waals surface area contributed by atoms with E-state index in [1.54, 1.807) is 0 Å². The molecule has 0 amide bonds. The molecule has 0 atom stereocenters. The van der Waals surface area contributed by atoms with Gasteiger partial charge in [-0.05, 0) is 31.2 Å². The Kier molecular flexibility index (Phi) is 7.71. The maximum Gasteiger partial charge on any atom is -0.0256 e. The van der Waals surface area contributed by atoms with Gasteiger partial charge in [0.1, 0.15) is 0 Å². The zero-order valence-corrected chi connectivity index (χ0v) is 10.6. The number of rotatable bonds is 3. The third kappa shape index (κ3) is 7.99. The maximum absolute atomic E-state index is 3.48. The van der Waals surface area contributed by atoms with Crippen LogP contribution in [0.2, 0.25) is 0 Å². The van der Waals surface area contributed by atoms with E-state index < -0.39 is 0 Å². The minimum absolute atomic E-state index is 0.762. The Hall–Kier alpha value is -1.04. The Morgan fingerprint density at radius 3 is 2.00 bits per heavy atom. The third-order valence-corrected chi connectivity index (χ3v) is 2.05. The number of hydrogen-bond donors (Lipinski definition) is 0. The summed E-state index contributed by atoms with van der Waals surface area (Å²) in [5.41, 5.74) is 2.79. The van der Waals surface area contributed by atoms with Crippen LogP contribution in [0.15, 0.2) is 36.9 Å². The number of allylic oxidation sites excluding steroid dienone is 1. The predicted molar refractivity (Wildman–Crippen MR) is 70.2 cm³/mol. The van der Waals surface area contributed by atoms with Crippen LogP contribution >= 0.6 is 0 Å². The molecule has 0 heteroatoms. The van der Waals surface area contributed by atoms with Crippen LogP contribution in [0.1, 0.15) is 38.3 Å². The summed E-state index contributed by atoms with van der Waals surface area (Å²) in [6.07, 6.45) is 4.15. The average molecular weight is 204 g/mol. The molecule has 15 heavy (non-hydrogen) atoms. The highest BCUT2D eigenvalue weighted by Gasteiger charge is 1.95. The number of aryl methyl sites for hydroxylation is 1. The minimum Gasteiger partial charge on any atom is -0.103 e. The van der Waals surface area contributed by atoms with Crippen molar-refractivity contribution in [1.29, 1.82) is 0 Å². The predicted octanol–water partition coefficient (Wildman–Crippen LogP) is 4.78. The standard InChI is InChI=1S/C11H16.C4H8/c1-9(2)8-11-6-4-10(3)5-7-11;1-3-4-2/h4-7,9H,8H2,1-3H3;3H,1,4H2,2H3. The van der Waals surface area contributed by atoms with Crippen molar-refractivity contribution in [3.8, 4) is 0 Å². The topological polar surface area (TPSA) is 0 Å². The van der Waals surface area contributed by atoms with Gasteiger partial charge in [-0.3, -0.25) is 0 Å². The van der Waals surface area contributed by atoms with Gasteiger partial charge in [-0.15, -0.1) is 6.58 Å². The second kappa shape index (κ2) is 8.28. The molecule has 0 N–H and O–H groups in total. The van der Waals surface area contributed by atoms with E-state index in [1.165, 1.54) is 17.5 Å². The molecular weight excluding hydrogens is 180 g/mol.